The summed E-state index contributed by atoms with van der Waals surface area (Å²) in [6, 6.07) is 23.3. The lowest BCUT2D eigenvalue weighted by molar-refractivity contribution is -0.143. The fourth-order valence-corrected chi connectivity index (χ4v) is 6.37. The molecule has 0 saturated heterocycles. The Bertz CT molecular complexity index is 1680. The summed E-state index contributed by atoms with van der Waals surface area (Å²) in [7, 11) is -2.39. The number of carbonyl (C=O) groups is 2. The Morgan fingerprint density at radius 3 is 2.20 bits per heavy atom. The number of hydrogen-bond acceptors (Lipinski definition) is 6. The van der Waals surface area contributed by atoms with E-state index >= 15 is 0 Å². The summed E-state index contributed by atoms with van der Waals surface area (Å²) >= 11 is 0. The Kier molecular flexibility index (Phi) is 10.6. The number of benzene rings is 3. The zero-order valence-corrected chi connectivity index (χ0v) is 26.6. The molecule has 10 heteroatoms. The molecule has 232 valence electrons. The van der Waals surface area contributed by atoms with Gasteiger partial charge in [-0.3, -0.25) is 14.3 Å². The molecule has 3 aromatic carbocycles. The SMILES string of the molecule is CC[C@H](C)[C@@H](C(=O)NC)N(Cc1ccc(-c2ccccc2S(=O)(=O)Nc2noc(C)c2C)cc1)C(=O)CCc1ccccc1. The molecule has 44 heavy (non-hydrogen) atoms. The second kappa shape index (κ2) is 14.4. The van der Waals surface area contributed by atoms with Crippen molar-refractivity contribution < 1.29 is 22.5 Å². The summed E-state index contributed by atoms with van der Waals surface area (Å²) in [6.45, 7) is 7.68. The molecule has 1 aromatic heterocycles. The third-order valence-corrected chi connectivity index (χ3v) is 9.40. The summed E-state index contributed by atoms with van der Waals surface area (Å²) in [4.78, 5) is 28.5. The molecule has 0 spiro atoms. The minimum atomic E-state index is -3.98. The van der Waals surface area contributed by atoms with Crippen LogP contribution in [-0.4, -0.2) is 43.4 Å². The van der Waals surface area contributed by atoms with Gasteiger partial charge in [-0.2, -0.15) is 0 Å². The van der Waals surface area contributed by atoms with Crippen LogP contribution in [0.5, 0.6) is 0 Å². The molecule has 9 nitrogen and oxygen atoms in total. The first-order valence-corrected chi connectivity index (χ1v) is 16.2. The third kappa shape index (κ3) is 7.55. The Hall–Kier alpha value is -4.44. The molecular formula is C34H40N4O5S. The van der Waals surface area contributed by atoms with Crippen LogP contribution in [-0.2, 0) is 32.6 Å². The standard InChI is InChI=1S/C34H40N4O5S/c1-6-23(2)32(34(40)35-5)38(31(39)21-18-26-12-8-7-9-13-26)22-27-16-19-28(20-17-27)29-14-10-11-15-30(29)44(41,42)37-33-24(3)25(4)43-36-33/h7-17,19-20,23,32H,6,18,21-22H2,1-5H3,(H,35,40)(H,36,37)/t23-,32-/m0/s1. The zero-order valence-electron chi connectivity index (χ0n) is 25.8. The van der Waals surface area contributed by atoms with Gasteiger partial charge in [-0.1, -0.05) is 98.2 Å². The van der Waals surface area contributed by atoms with Crippen LogP contribution >= 0.6 is 0 Å². The number of anilines is 1. The van der Waals surface area contributed by atoms with Crippen LogP contribution in [0, 0.1) is 19.8 Å². The highest BCUT2D eigenvalue weighted by Gasteiger charge is 2.33. The smallest absolute Gasteiger partial charge is 0.263 e. The van der Waals surface area contributed by atoms with Crippen LogP contribution in [0.3, 0.4) is 0 Å². The van der Waals surface area contributed by atoms with Crippen molar-refractivity contribution in [3.63, 3.8) is 0 Å². The fraction of sp³-hybridized carbons (Fsp3) is 0.324. The van der Waals surface area contributed by atoms with E-state index in [1.54, 1.807) is 50.1 Å². The van der Waals surface area contributed by atoms with Crippen LogP contribution < -0.4 is 10.0 Å². The summed E-state index contributed by atoms with van der Waals surface area (Å²) in [6.07, 6.45) is 1.57. The third-order valence-electron chi connectivity index (χ3n) is 8.01. The maximum Gasteiger partial charge on any atom is 0.263 e. The van der Waals surface area contributed by atoms with Crippen molar-refractivity contribution in [3.05, 3.63) is 101 Å². The van der Waals surface area contributed by atoms with E-state index in [9.17, 15) is 18.0 Å². The largest absolute Gasteiger partial charge is 0.359 e. The first-order chi connectivity index (χ1) is 21.1. The highest BCUT2D eigenvalue weighted by atomic mass is 32.2. The van der Waals surface area contributed by atoms with Gasteiger partial charge in [0.15, 0.2) is 5.82 Å². The van der Waals surface area contributed by atoms with Crippen LogP contribution in [0.2, 0.25) is 0 Å². The van der Waals surface area contributed by atoms with Gasteiger partial charge in [-0.15, -0.1) is 0 Å². The number of carbonyl (C=O) groups excluding carboxylic acids is 2. The molecular weight excluding hydrogens is 576 g/mol. The van der Waals surface area contributed by atoms with Crippen LogP contribution in [0.1, 0.15) is 49.1 Å². The molecule has 0 saturated carbocycles. The molecule has 0 fully saturated rings. The van der Waals surface area contributed by atoms with Crippen molar-refractivity contribution in [1.29, 1.82) is 0 Å². The van der Waals surface area contributed by atoms with E-state index < -0.39 is 16.1 Å². The number of rotatable bonds is 13. The van der Waals surface area contributed by atoms with Crippen molar-refractivity contribution in [2.75, 3.05) is 11.8 Å². The Morgan fingerprint density at radius 2 is 1.59 bits per heavy atom. The predicted octanol–water partition coefficient (Wildman–Crippen LogP) is 5.88. The molecule has 2 atom stereocenters. The van der Waals surface area contributed by atoms with E-state index in [4.69, 9.17) is 4.52 Å². The van der Waals surface area contributed by atoms with Gasteiger partial charge in [0, 0.05) is 31.1 Å². The van der Waals surface area contributed by atoms with Crippen molar-refractivity contribution >= 4 is 27.7 Å². The number of nitrogens with one attached hydrogen (secondary N) is 2. The molecule has 2 amide bonds. The summed E-state index contributed by atoms with van der Waals surface area (Å²) < 4.78 is 34.4. The van der Waals surface area contributed by atoms with E-state index in [1.165, 1.54) is 0 Å². The lowest BCUT2D eigenvalue weighted by Gasteiger charge is -2.34. The van der Waals surface area contributed by atoms with Gasteiger partial charge < -0.3 is 14.7 Å². The Balaban J connectivity index is 1.61. The molecule has 0 aliphatic rings. The minimum absolute atomic E-state index is 0.0587. The van der Waals surface area contributed by atoms with E-state index in [0.29, 0.717) is 28.9 Å². The van der Waals surface area contributed by atoms with Gasteiger partial charge >= 0.3 is 0 Å². The van der Waals surface area contributed by atoms with Gasteiger partial charge in [0.1, 0.15) is 11.8 Å². The molecule has 0 aliphatic heterocycles. The van der Waals surface area contributed by atoms with Crippen molar-refractivity contribution in [2.45, 2.75) is 64.4 Å². The molecule has 4 aromatic rings. The van der Waals surface area contributed by atoms with E-state index in [0.717, 1.165) is 17.5 Å². The fourth-order valence-electron chi connectivity index (χ4n) is 5.08. The molecule has 0 aliphatic carbocycles. The molecule has 2 N–H and O–H groups in total. The van der Waals surface area contributed by atoms with Crippen LogP contribution in [0.15, 0.2) is 88.3 Å². The zero-order chi connectivity index (χ0) is 31.9. The number of amides is 2. The normalized spacial score (nSPS) is 12.8. The van der Waals surface area contributed by atoms with Gasteiger partial charge in [0.05, 0.1) is 4.90 Å². The van der Waals surface area contributed by atoms with Crippen LogP contribution in [0.4, 0.5) is 5.82 Å². The topological polar surface area (TPSA) is 122 Å². The van der Waals surface area contributed by atoms with Gasteiger partial charge in [-0.05, 0) is 48.9 Å². The predicted molar refractivity (Wildman–Crippen MR) is 171 cm³/mol. The average Bonchev–Trinajstić information content (AvgIpc) is 3.35. The first-order valence-electron chi connectivity index (χ1n) is 14.7. The number of nitrogens with zero attached hydrogens (tertiary/aromatic N) is 2. The lowest BCUT2D eigenvalue weighted by atomic mass is 9.95. The second-order valence-corrected chi connectivity index (χ2v) is 12.6. The van der Waals surface area contributed by atoms with Crippen molar-refractivity contribution in [1.82, 2.24) is 15.4 Å². The van der Waals surface area contributed by atoms with Crippen LogP contribution in [0.25, 0.3) is 11.1 Å². The van der Waals surface area contributed by atoms with Crippen molar-refractivity contribution in [3.8, 4) is 11.1 Å². The van der Waals surface area contributed by atoms with E-state index in [1.807, 2.05) is 68.4 Å². The van der Waals surface area contributed by atoms with Gasteiger partial charge in [-0.25, -0.2) is 8.42 Å². The summed E-state index contributed by atoms with van der Waals surface area (Å²) in [5.41, 5.74) is 3.71. The Morgan fingerprint density at radius 1 is 0.932 bits per heavy atom. The van der Waals surface area contributed by atoms with Gasteiger partial charge in [0.2, 0.25) is 11.8 Å². The number of aromatic nitrogens is 1. The van der Waals surface area contributed by atoms with E-state index in [2.05, 4.69) is 15.2 Å². The highest BCUT2D eigenvalue weighted by molar-refractivity contribution is 7.92. The number of likely N-dealkylation sites (N-methyl/N-ethyl adjacent to an activating group) is 1. The Labute approximate surface area is 259 Å². The lowest BCUT2D eigenvalue weighted by Crippen LogP contribution is -2.51. The van der Waals surface area contributed by atoms with E-state index in [-0.39, 0.29) is 41.4 Å². The molecule has 1 heterocycles. The molecule has 0 bridgehead atoms. The average molecular weight is 617 g/mol. The summed E-state index contributed by atoms with van der Waals surface area (Å²) in [5, 5.41) is 6.58. The van der Waals surface area contributed by atoms with Crippen molar-refractivity contribution in [2.24, 2.45) is 5.92 Å². The number of aryl methyl sites for hydroxylation is 2. The quantitative estimate of drug-likeness (QED) is 0.194. The second-order valence-electron chi connectivity index (χ2n) is 11.0. The molecule has 4 rings (SSSR count). The number of hydrogen-bond donors (Lipinski definition) is 2. The first kappa shape index (κ1) is 32.5. The summed E-state index contributed by atoms with van der Waals surface area (Å²) in [5.74, 6) is 0.320. The maximum absolute atomic E-state index is 13.7. The maximum atomic E-state index is 13.7. The van der Waals surface area contributed by atoms with Gasteiger partial charge in [0.25, 0.3) is 10.0 Å². The monoisotopic (exact) mass is 616 g/mol. The molecule has 0 radical (unpaired) electrons. The number of sulfonamides is 1. The highest BCUT2D eigenvalue weighted by Crippen LogP contribution is 2.30. The minimum Gasteiger partial charge on any atom is -0.359 e. The molecule has 0 unspecified atom stereocenters.